The Labute approximate surface area is 109 Å². The highest BCUT2D eigenvalue weighted by atomic mass is 16.5. The smallest absolute Gasteiger partial charge is 0.0551 e. The Bertz CT molecular complexity index is 367. The lowest BCUT2D eigenvalue weighted by Gasteiger charge is -2.51. The second-order valence-electron chi connectivity index (χ2n) is 6.95. The van der Waals surface area contributed by atoms with Gasteiger partial charge in [-0.15, -0.1) is 0 Å². The maximum atomic E-state index is 5.56. The molecule has 1 aliphatic carbocycles. The van der Waals surface area contributed by atoms with Crippen LogP contribution in [-0.4, -0.2) is 39.4 Å². The topological polar surface area (TPSA) is 33.3 Å². The van der Waals surface area contributed by atoms with Crippen molar-refractivity contribution in [3.8, 4) is 0 Å². The van der Waals surface area contributed by atoms with E-state index in [1.54, 1.807) is 5.57 Å². The predicted molar refractivity (Wildman–Crippen MR) is 71.5 cm³/mol. The summed E-state index contributed by atoms with van der Waals surface area (Å²) in [5.74, 6) is 0.750. The molecule has 2 atom stereocenters. The van der Waals surface area contributed by atoms with Gasteiger partial charge in [-0.3, -0.25) is 0 Å². The van der Waals surface area contributed by atoms with Crippen LogP contribution in [0.2, 0.25) is 0 Å². The summed E-state index contributed by atoms with van der Waals surface area (Å²) in [7, 11) is 0. The van der Waals surface area contributed by atoms with E-state index in [1.165, 1.54) is 51.9 Å². The molecule has 0 aromatic rings. The summed E-state index contributed by atoms with van der Waals surface area (Å²) in [4.78, 5) is 0. The van der Waals surface area contributed by atoms with Crippen molar-refractivity contribution in [1.82, 2.24) is 10.6 Å². The van der Waals surface area contributed by atoms with E-state index in [4.69, 9.17) is 4.74 Å². The molecule has 0 amide bonds. The van der Waals surface area contributed by atoms with Gasteiger partial charge in [-0.25, -0.2) is 0 Å². The maximum Gasteiger partial charge on any atom is 0.0551 e. The number of nitrogens with one attached hydrogen (secondary N) is 2. The molecule has 2 unspecified atom stereocenters. The van der Waals surface area contributed by atoms with E-state index in [0.717, 1.165) is 19.1 Å². The fraction of sp³-hybridized carbons (Fsp3) is 0.867. The first-order chi connectivity index (χ1) is 8.82. The van der Waals surface area contributed by atoms with Gasteiger partial charge in [0, 0.05) is 24.4 Å². The molecule has 2 N–H and O–H groups in total. The fourth-order valence-electron chi connectivity index (χ4n) is 4.52. The zero-order valence-corrected chi connectivity index (χ0v) is 11.1. The van der Waals surface area contributed by atoms with Crippen LogP contribution in [0.5, 0.6) is 0 Å². The van der Waals surface area contributed by atoms with Crippen molar-refractivity contribution < 1.29 is 4.74 Å². The van der Waals surface area contributed by atoms with Gasteiger partial charge in [0.15, 0.2) is 0 Å². The monoisotopic (exact) mass is 248 g/mol. The van der Waals surface area contributed by atoms with Crippen molar-refractivity contribution in [2.45, 2.75) is 25.7 Å². The Hall–Kier alpha value is -0.380. The molecule has 100 valence electrons. The lowest BCUT2D eigenvalue weighted by Crippen LogP contribution is -2.56. The summed E-state index contributed by atoms with van der Waals surface area (Å²) in [6, 6.07) is 0. The van der Waals surface area contributed by atoms with E-state index in [1.807, 2.05) is 0 Å². The van der Waals surface area contributed by atoms with Gasteiger partial charge in [0.2, 0.25) is 0 Å². The van der Waals surface area contributed by atoms with E-state index in [0.29, 0.717) is 10.8 Å². The first-order valence-electron chi connectivity index (χ1n) is 7.50. The molecular weight excluding hydrogens is 224 g/mol. The summed E-state index contributed by atoms with van der Waals surface area (Å²) >= 11 is 0. The first kappa shape index (κ1) is 11.4. The zero-order valence-electron chi connectivity index (χ0n) is 11.1. The predicted octanol–water partition coefficient (Wildman–Crippen LogP) is 1.31. The largest absolute Gasteiger partial charge is 0.380 e. The van der Waals surface area contributed by atoms with E-state index in [9.17, 15) is 0 Å². The van der Waals surface area contributed by atoms with Gasteiger partial charge in [-0.1, -0.05) is 11.6 Å². The molecule has 0 aromatic heterocycles. The lowest BCUT2D eigenvalue weighted by molar-refractivity contribution is -0.150. The van der Waals surface area contributed by atoms with Crippen molar-refractivity contribution in [3.63, 3.8) is 0 Å². The molecule has 4 aliphatic rings. The van der Waals surface area contributed by atoms with Crippen LogP contribution in [-0.2, 0) is 4.74 Å². The van der Waals surface area contributed by atoms with Crippen LogP contribution in [0.3, 0.4) is 0 Å². The first-order valence-corrected chi connectivity index (χ1v) is 7.50. The molecular formula is C15H24N2O. The highest BCUT2D eigenvalue weighted by Gasteiger charge is 2.50. The molecule has 0 bridgehead atoms. The van der Waals surface area contributed by atoms with Gasteiger partial charge >= 0.3 is 0 Å². The Morgan fingerprint density at radius 2 is 2.06 bits per heavy atom. The Morgan fingerprint density at radius 1 is 1.17 bits per heavy atom. The van der Waals surface area contributed by atoms with Gasteiger partial charge in [0.25, 0.3) is 0 Å². The highest BCUT2D eigenvalue weighted by Crippen LogP contribution is 2.51. The van der Waals surface area contributed by atoms with Crippen molar-refractivity contribution >= 4 is 0 Å². The minimum atomic E-state index is 0.495. The van der Waals surface area contributed by atoms with Gasteiger partial charge in [-0.2, -0.15) is 0 Å². The second kappa shape index (κ2) is 4.06. The quantitative estimate of drug-likeness (QED) is 0.687. The SMILES string of the molecule is C1=C(C2CNCCC23COC3)CC2(C1)CCNC2. The van der Waals surface area contributed by atoms with E-state index < -0.39 is 0 Å². The number of allylic oxidation sites excluding steroid dienone is 1. The normalized spacial score (nSPS) is 42.2. The third-order valence-electron chi connectivity index (χ3n) is 5.82. The van der Waals surface area contributed by atoms with E-state index >= 15 is 0 Å². The van der Waals surface area contributed by atoms with Gasteiger partial charge in [0.1, 0.15) is 0 Å². The summed E-state index contributed by atoms with van der Waals surface area (Å²) in [6.07, 6.45) is 7.90. The second-order valence-corrected chi connectivity index (χ2v) is 6.95. The van der Waals surface area contributed by atoms with Crippen LogP contribution >= 0.6 is 0 Å². The summed E-state index contributed by atoms with van der Waals surface area (Å²) in [5, 5.41) is 7.16. The summed E-state index contributed by atoms with van der Waals surface area (Å²) in [5.41, 5.74) is 2.82. The molecule has 3 heterocycles. The number of piperidine rings is 1. The Morgan fingerprint density at radius 3 is 2.78 bits per heavy atom. The molecule has 3 fully saturated rings. The van der Waals surface area contributed by atoms with Crippen LogP contribution in [0.25, 0.3) is 0 Å². The Balaban J connectivity index is 1.52. The minimum Gasteiger partial charge on any atom is -0.380 e. The van der Waals surface area contributed by atoms with Crippen LogP contribution in [0.4, 0.5) is 0 Å². The highest BCUT2D eigenvalue weighted by molar-refractivity contribution is 5.24. The molecule has 0 radical (unpaired) electrons. The van der Waals surface area contributed by atoms with E-state index in [2.05, 4.69) is 16.7 Å². The third-order valence-corrected chi connectivity index (χ3v) is 5.82. The molecule has 3 heteroatoms. The molecule has 4 rings (SSSR count). The van der Waals surface area contributed by atoms with Gasteiger partial charge in [-0.05, 0) is 44.2 Å². The van der Waals surface area contributed by atoms with Crippen molar-refractivity contribution in [2.24, 2.45) is 16.7 Å². The summed E-state index contributed by atoms with van der Waals surface area (Å²) in [6.45, 7) is 6.82. The van der Waals surface area contributed by atoms with Crippen molar-refractivity contribution in [3.05, 3.63) is 11.6 Å². The van der Waals surface area contributed by atoms with Gasteiger partial charge in [0.05, 0.1) is 13.2 Å². The summed E-state index contributed by atoms with van der Waals surface area (Å²) < 4.78 is 5.56. The van der Waals surface area contributed by atoms with Crippen LogP contribution in [0.15, 0.2) is 11.6 Å². The van der Waals surface area contributed by atoms with Crippen LogP contribution in [0.1, 0.15) is 25.7 Å². The molecule has 0 aromatic carbocycles. The van der Waals surface area contributed by atoms with Gasteiger partial charge < -0.3 is 15.4 Å². The molecule has 0 saturated carbocycles. The number of hydrogen-bond acceptors (Lipinski definition) is 3. The maximum absolute atomic E-state index is 5.56. The van der Waals surface area contributed by atoms with E-state index in [-0.39, 0.29) is 0 Å². The molecule has 3 aliphatic heterocycles. The lowest BCUT2D eigenvalue weighted by atomic mass is 9.65. The van der Waals surface area contributed by atoms with Crippen molar-refractivity contribution in [2.75, 3.05) is 39.4 Å². The number of hydrogen-bond donors (Lipinski definition) is 2. The minimum absolute atomic E-state index is 0.495. The molecule has 2 spiro atoms. The molecule has 3 saturated heterocycles. The molecule has 3 nitrogen and oxygen atoms in total. The zero-order chi connectivity index (χ0) is 12.1. The van der Waals surface area contributed by atoms with Crippen LogP contribution in [0, 0.1) is 16.7 Å². The standard InChI is InChI=1S/C15H24N2O/c1-2-14(3-5-17-9-14)7-12(1)13-8-16-6-4-15(13)10-18-11-15/h1,13,16-17H,2-11H2. The fourth-order valence-corrected chi connectivity index (χ4v) is 4.52. The number of ether oxygens (including phenoxy) is 1. The van der Waals surface area contributed by atoms with Crippen LogP contribution < -0.4 is 10.6 Å². The average Bonchev–Trinajstić information content (AvgIpc) is 2.98. The van der Waals surface area contributed by atoms with Crippen molar-refractivity contribution in [1.29, 1.82) is 0 Å². The number of rotatable bonds is 1. The average molecular weight is 248 g/mol. The molecule has 18 heavy (non-hydrogen) atoms. The Kier molecular flexibility index (Phi) is 2.58. The third kappa shape index (κ3) is 1.60.